The Bertz CT molecular complexity index is 752. The number of nitrogens with zero attached hydrogens (tertiary/aromatic N) is 2. The average molecular weight is 327 g/mol. The quantitative estimate of drug-likeness (QED) is 0.907. The number of anilines is 1. The number of fused-ring (bicyclic) bond motifs is 1. The first-order chi connectivity index (χ1) is 11.3. The molecular weight excluding hydrogens is 302 g/mol. The Labute approximate surface area is 143 Å². The third kappa shape index (κ3) is 3.78. The Balaban J connectivity index is 1.70. The number of ether oxygens (including phenoxy) is 1. The second kappa shape index (κ2) is 6.30. The van der Waals surface area contributed by atoms with Gasteiger partial charge in [0.25, 0.3) is 0 Å². The molecule has 3 rings (SSSR count). The van der Waals surface area contributed by atoms with Crippen molar-refractivity contribution in [2.24, 2.45) is 0 Å². The molecule has 1 atom stereocenters. The van der Waals surface area contributed by atoms with Crippen LogP contribution in [-0.2, 0) is 4.74 Å². The van der Waals surface area contributed by atoms with Crippen LogP contribution in [-0.4, -0.2) is 40.7 Å². The summed E-state index contributed by atoms with van der Waals surface area (Å²) in [6.07, 6.45) is 2.56. The molecule has 1 N–H and O–H groups in total. The lowest BCUT2D eigenvalue weighted by atomic mass is 10.1. The number of benzene rings is 1. The molecule has 1 fully saturated rings. The Morgan fingerprint density at radius 2 is 2.17 bits per heavy atom. The van der Waals surface area contributed by atoms with Crippen LogP contribution in [0.4, 0.5) is 10.5 Å². The second-order valence-corrected chi connectivity index (χ2v) is 7.44. The SMILES string of the molecule is Cc1cnc2cccc(NC3CCN(C(=O)OC(C)(C)C)C3)c2c1. The van der Waals surface area contributed by atoms with E-state index in [9.17, 15) is 4.79 Å². The van der Waals surface area contributed by atoms with Crippen molar-refractivity contribution >= 4 is 22.7 Å². The highest BCUT2D eigenvalue weighted by Gasteiger charge is 2.29. The van der Waals surface area contributed by atoms with Crippen molar-refractivity contribution in [1.29, 1.82) is 0 Å². The molecule has 1 aromatic heterocycles. The standard InChI is InChI=1S/C19H25N3O2/c1-13-10-15-16(20-11-13)6-5-7-17(15)21-14-8-9-22(12-14)18(23)24-19(2,3)4/h5-7,10-11,14,21H,8-9,12H2,1-4H3. The molecule has 1 unspecified atom stereocenters. The number of pyridine rings is 1. The zero-order valence-electron chi connectivity index (χ0n) is 14.8. The van der Waals surface area contributed by atoms with E-state index < -0.39 is 5.60 Å². The van der Waals surface area contributed by atoms with Crippen molar-refractivity contribution in [3.05, 3.63) is 36.0 Å². The van der Waals surface area contributed by atoms with Gasteiger partial charge in [0.05, 0.1) is 5.52 Å². The first-order valence-corrected chi connectivity index (χ1v) is 8.42. The maximum atomic E-state index is 12.2. The molecule has 1 saturated heterocycles. The van der Waals surface area contributed by atoms with E-state index >= 15 is 0 Å². The van der Waals surface area contributed by atoms with Crippen LogP contribution in [0.1, 0.15) is 32.8 Å². The maximum Gasteiger partial charge on any atom is 0.410 e. The van der Waals surface area contributed by atoms with Gasteiger partial charge in [-0.3, -0.25) is 4.98 Å². The van der Waals surface area contributed by atoms with Crippen LogP contribution < -0.4 is 5.32 Å². The van der Waals surface area contributed by atoms with Gasteiger partial charge in [-0.1, -0.05) is 6.07 Å². The normalized spacial score (nSPS) is 18.0. The second-order valence-electron chi connectivity index (χ2n) is 7.44. The van der Waals surface area contributed by atoms with Gasteiger partial charge in [-0.2, -0.15) is 0 Å². The predicted octanol–water partition coefficient (Wildman–Crippen LogP) is 3.96. The number of likely N-dealkylation sites (tertiary alicyclic amines) is 1. The number of rotatable bonds is 2. The first-order valence-electron chi connectivity index (χ1n) is 8.42. The van der Waals surface area contributed by atoms with Gasteiger partial charge in [-0.25, -0.2) is 4.79 Å². The van der Waals surface area contributed by atoms with Gasteiger partial charge in [0.1, 0.15) is 5.60 Å². The smallest absolute Gasteiger partial charge is 0.410 e. The molecule has 1 amide bonds. The zero-order chi connectivity index (χ0) is 17.3. The number of hydrogen-bond acceptors (Lipinski definition) is 4. The maximum absolute atomic E-state index is 12.2. The van der Waals surface area contributed by atoms with Gasteiger partial charge in [0.2, 0.25) is 0 Å². The van der Waals surface area contributed by atoms with E-state index in [2.05, 4.69) is 22.4 Å². The molecule has 5 heteroatoms. The van der Waals surface area contributed by atoms with Crippen LogP contribution in [0.25, 0.3) is 10.9 Å². The van der Waals surface area contributed by atoms with E-state index in [4.69, 9.17) is 4.74 Å². The van der Waals surface area contributed by atoms with Crippen molar-refractivity contribution in [2.45, 2.75) is 45.8 Å². The van der Waals surface area contributed by atoms with Crippen molar-refractivity contribution < 1.29 is 9.53 Å². The molecule has 0 radical (unpaired) electrons. The summed E-state index contributed by atoms with van der Waals surface area (Å²) in [5.41, 5.74) is 2.73. The number of carbonyl (C=O) groups is 1. The molecule has 0 bridgehead atoms. The van der Waals surface area contributed by atoms with Gasteiger partial charge in [-0.05, 0) is 57.9 Å². The number of hydrogen-bond donors (Lipinski definition) is 1. The predicted molar refractivity (Wildman–Crippen MR) is 96.3 cm³/mol. The summed E-state index contributed by atoms with van der Waals surface area (Å²) >= 11 is 0. The molecule has 1 aliphatic heterocycles. The van der Waals surface area contributed by atoms with Gasteiger partial charge in [-0.15, -0.1) is 0 Å². The van der Waals surface area contributed by atoms with Crippen LogP contribution >= 0.6 is 0 Å². The molecule has 24 heavy (non-hydrogen) atoms. The van der Waals surface area contributed by atoms with Crippen molar-refractivity contribution in [3.8, 4) is 0 Å². The van der Waals surface area contributed by atoms with Crippen molar-refractivity contribution in [2.75, 3.05) is 18.4 Å². The van der Waals surface area contributed by atoms with Gasteiger partial charge in [0, 0.05) is 36.4 Å². The Kier molecular flexibility index (Phi) is 4.35. The fourth-order valence-corrected chi connectivity index (χ4v) is 2.97. The molecule has 2 aromatic rings. The van der Waals surface area contributed by atoms with Crippen LogP contribution in [0.15, 0.2) is 30.5 Å². The molecule has 1 aliphatic rings. The summed E-state index contributed by atoms with van der Waals surface area (Å²) in [6.45, 7) is 9.09. The number of nitrogens with one attached hydrogen (secondary N) is 1. The molecule has 0 aliphatic carbocycles. The van der Waals surface area contributed by atoms with Crippen LogP contribution in [0.2, 0.25) is 0 Å². The Morgan fingerprint density at radius 1 is 1.38 bits per heavy atom. The number of aromatic nitrogens is 1. The van der Waals surface area contributed by atoms with Crippen molar-refractivity contribution in [1.82, 2.24) is 9.88 Å². The van der Waals surface area contributed by atoms with Crippen molar-refractivity contribution in [3.63, 3.8) is 0 Å². The third-order valence-electron chi connectivity index (χ3n) is 4.06. The summed E-state index contributed by atoms with van der Waals surface area (Å²) in [7, 11) is 0. The van der Waals surface area contributed by atoms with E-state index in [0.717, 1.165) is 28.6 Å². The highest BCUT2D eigenvalue weighted by Crippen LogP contribution is 2.25. The van der Waals surface area contributed by atoms with E-state index in [1.165, 1.54) is 0 Å². The molecule has 5 nitrogen and oxygen atoms in total. The molecular formula is C19H25N3O2. The monoisotopic (exact) mass is 327 g/mol. The summed E-state index contributed by atoms with van der Waals surface area (Å²) in [5.74, 6) is 0. The van der Waals surface area contributed by atoms with E-state index in [0.29, 0.717) is 13.1 Å². The van der Waals surface area contributed by atoms with Crippen LogP contribution in [0, 0.1) is 6.92 Å². The largest absolute Gasteiger partial charge is 0.444 e. The third-order valence-corrected chi connectivity index (χ3v) is 4.06. The number of aryl methyl sites for hydroxylation is 1. The lowest BCUT2D eigenvalue weighted by Crippen LogP contribution is -2.36. The summed E-state index contributed by atoms with van der Waals surface area (Å²) < 4.78 is 5.46. The summed E-state index contributed by atoms with van der Waals surface area (Å²) in [4.78, 5) is 18.4. The van der Waals surface area contributed by atoms with E-state index in [1.807, 2.05) is 46.0 Å². The summed E-state index contributed by atoms with van der Waals surface area (Å²) in [5, 5.41) is 4.69. The lowest BCUT2D eigenvalue weighted by Gasteiger charge is -2.24. The topological polar surface area (TPSA) is 54.5 Å². The lowest BCUT2D eigenvalue weighted by molar-refractivity contribution is 0.0293. The first kappa shape index (κ1) is 16.6. The fraction of sp³-hybridized carbons (Fsp3) is 0.474. The zero-order valence-corrected chi connectivity index (χ0v) is 14.8. The van der Waals surface area contributed by atoms with E-state index in [-0.39, 0.29) is 12.1 Å². The van der Waals surface area contributed by atoms with Crippen LogP contribution in [0.3, 0.4) is 0 Å². The average Bonchev–Trinajstić information content (AvgIpc) is 2.95. The number of carbonyl (C=O) groups excluding carboxylic acids is 1. The minimum Gasteiger partial charge on any atom is -0.444 e. The minimum atomic E-state index is -0.457. The van der Waals surface area contributed by atoms with E-state index in [1.54, 1.807) is 4.90 Å². The van der Waals surface area contributed by atoms with Gasteiger partial charge < -0.3 is 15.0 Å². The molecule has 2 heterocycles. The molecule has 128 valence electrons. The fourth-order valence-electron chi connectivity index (χ4n) is 2.97. The Morgan fingerprint density at radius 3 is 2.92 bits per heavy atom. The number of amides is 1. The molecule has 1 aromatic carbocycles. The highest BCUT2D eigenvalue weighted by molar-refractivity contribution is 5.91. The molecule has 0 spiro atoms. The Hall–Kier alpha value is -2.30. The highest BCUT2D eigenvalue weighted by atomic mass is 16.6. The van der Waals surface area contributed by atoms with Crippen LogP contribution in [0.5, 0.6) is 0 Å². The van der Waals surface area contributed by atoms with Gasteiger partial charge in [0.15, 0.2) is 0 Å². The molecule has 0 saturated carbocycles. The minimum absolute atomic E-state index is 0.226. The van der Waals surface area contributed by atoms with Gasteiger partial charge >= 0.3 is 6.09 Å². The summed E-state index contributed by atoms with van der Waals surface area (Å²) in [6, 6.07) is 8.46.